The molecular weight excluding hydrogens is 204 g/mol. The van der Waals surface area contributed by atoms with Gasteiger partial charge in [0.2, 0.25) is 9.84 Å². The Bertz CT molecular complexity index is 422. The maximum Gasteiger partial charge on any atom is 0.202 e. The summed E-state index contributed by atoms with van der Waals surface area (Å²) in [5.41, 5.74) is 0.568. The molecule has 0 unspecified atom stereocenters. The molecule has 1 aromatic carbocycles. The van der Waals surface area contributed by atoms with E-state index in [-0.39, 0.29) is 4.90 Å². The van der Waals surface area contributed by atoms with Crippen molar-refractivity contribution in [3.05, 3.63) is 23.8 Å². The molecule has 1 aromatic rings. The van der Waals surface area contributed by atoms with E-state index in [2.05, 4.69) is 0 Å². The summed E-state index contributed by atoms with van der Waals surface area (Å²) in [7, 11) is -2.04. The van der Waals surface area contributed by atoms with Crippen LogP contribution in [0.3, 0.4) is 0 Å². The minimum Gasteiger partial charge on any atom is -0.497 e. The van der Waals surface area contributed by atoms with E-state index in [1.165, 1.54) is 13.2 Å². The minimum atomic E-state index is -3.55. The topological polar surface area (TPSA) is 63.6 Å². The highest BCUT2D eigenvalue weighted by Crippen LogP contribution is 2.21. The Morgan fingerprint density at radius 1 is 1.43 bits per heavy atom. The van der Waals surface area contributed by atoms with E-state index in [4.69, 9.17) is 9.84 Å². The number of benzene rings is 1. The lowest BCUT2D eigenvalue weighted by molar-refractivity contribution is 0.358. The molecule has 0 aromatic heterocycles. The van der Waals surface area contributed by atoms with Crippen LogP contribution < -0.4 is 4.74 Å². The van der Waals surface area contributed by atoms with E-state index in [1.807, 2.05) is 0 Å². The summed E-state index contributed by atoms with van der Waals surface area (Å²) >= 11 is 0. The van der Waals surface area contributed by atoms with Crippen molar-refractivity contribution < 1.29 is 18.3 Å². The summed E-state index contributed by atoms with van der Waals surface area (Å²) in [6.07, 6.45) is 0. The van der Waals surface area contributed by atoms with Crippen molar-refractivity contribution in [3.8, 4) is 5.75 Å². The van der Waals surface area contributed by atoms with E-state index in [9.17, 15) is 8.42 Å². The standard InChI is InChI=1S/C9H12O4S/c1-7-5-8(13-2)3-4-9(7)14(11,12)6-10/h3-5,10H,6H2,1-2H3. The summed E-state index contributed by atoms with van der Waals surface area (Å²) in [5.74, 6) is -0.278. The molecule has 0 atom stereocenters. The van der Waals surface area contributed by atoms with E-state index in [1.54, 1.807) is 19.1 Å². The highest BCUT2D eigenvalue weighted by Gasteiger charge is 2.15. The smallest absolute Gasteiger partial charge is 0.202 e. The molecular formula is C9H12O4S. The Balaban J connectivity index is 3.26. The summed E-state index contributed by atoms with van der Waals surface area (Å²) in [6.45, 7) is 1.66. The van der Waals surface area contributed by atoms with Crippen LogP contribution in [-0.4, -0.2) is 26.6 Å². The second-order valence-electron chi connectivity index (χ2n) is 2.88. The third-order valence-electron chi connectivity index (χ3n) is 1.89. The monoisotopic (exact) mass is 216 g/mol. The fraction of sp³-hybridized carbons (Fsp3) is 0.333. The van der Waals surface area contributed by atoms with Crippen molar-refractivity contribution in [1.82, 2.24) is 0 Å². The number of sulfone groups is 1. The molecule has 1 rings (SSSR count). The molecule has 0 heterocycles. The molecule has 78 valence electrons. The van der Waals surface area contributed by atoms with Gasteiger partial charge in [-0.05, 0) is 30.7 Å². The zero-order chi connectivity index (χ0) is 10.8. The molecule has 0 radical (unpaired) electrons. The van der Waals surface area contributed by atoms with Gasteiger partial charge in [-0.25, -0.2) is 8.42 Å². The molecule has 14 heavy (non-hydrogen) atoms. The van der Waals surface area contributed by atoms with Gasteiger partial charge in [0, 0.05) is 0 Å². The molecule has 0 saturated carbocycles. The summed E-state index contributed by atoms with van der Waals surface area (Å²) in [4.78, 5) is 0.140. The lowest BCUT2D eigenvalue weighted by atomic mass is 10.2. The van der Waals surface area contributed by atoms with E-state index in [0.717, 1.165) is 0 Å². The lowest BCUT2D eigenvalue weighted by Crippen LogP contribution is -2.07. The van der Waals surface area contributed by atoms with Gasteiger partial charge >= 0.3 is 0 Å². The number of rotatable bonds is 3. The molecule has 0 fully saturated rings. The van der Waals surface area contributed by atoms with Gasteiger partial charge in [-0.1, -0.05) is 0 Å². The first-order valence-corrected chi connectivity index (χ1v) is 5.65. The van der Waals surface area contributed by atoms with E-state index in [0.29, 0.717) is 11.3 Å². The van der Waals surface area contributed by atoms with Crippen LogP contribution in [0.25, 0.3) is 0 Å². The predicted molar refractivity (Wildman–Crippen MR) is 52.0 cm³/mol. The van der Waals surface area contributed by atoms with Crippen molar-refractivity contribution in [2.45, 2.75) is 11.8 Å². The Labute approximate surface area is 83.1 Å². The quantitative estimate of drug-likeness (QED) is 0.809. The maximum absolute atomic E-state index is 11.3. The average molecular weight is 216 g/mol. The van der Waals surface area contributed by atoms with Crippen molar-refractivity contribution in [2.24, 2.45) is 0 Å². The van der Waals surface area contributed by atoms with Gasteiger partial charge in [-0.2, -0.15) is 0 Å². The number of aliphatic hydroxyl groups excluding tert-OH is 1. The lowest BCUT2D eigenvalue weighted by Gasteiger charge is -2.06. The number of aryl methyl sites for hydroxylation is 1. The van der Waals surface area contributed by atoms with Gasteiger partial charge in [0.1, 0.15) is 11.7 Å². The van der Waals surface area contributed by atoms with Crippen molar-refractivity contribution in [3.63, 3.8) is 0 Å². The molecule has 0 aliphatic rings. The van der Waals surface area contributed by atoms with E-state index >= 15 is 0 Å². The largest absolute Gasteiger partial charge is 0.497 e. The number of aliphatic hydroxyl groups is 1. The third kappa shape index (κ3) is 2.05. The third-order valence-corrected chi connectivity index (χ3v) is 3.36. The second kappa shape index (κ2) is 3.98. The van der Waals surface area contributed by atoms with Gasteiger partial charge in [0.25, 0.3) is 0 Å². The molecule has 4 nitrogen and oxygen atoms in total. The van der Waals surface area contributed by atoms with Crippen LogP contribution in [0.1, 0.15) is 5.56 Å². The predicted octanol–water partition coefficient (Wildman–Crippen LogP) is 0.727. The highest BCUT2D eigenvalue weighted by atomic mass is 32.2. The Morgan fingerprint density at radius 3 is 2.50 bits per heavy atom. The van der Waals surface area contributed by atoms with Crippen LogP contribution in [-0.2, 0) is 9.84 Å². The first-order valence-electron chi connectivity index (χ1n) is 3.99. The SMILES string of the molecule is COc1ccc(S(=O)(=O)CO)c(C)c1. The number of hydrogen-bond acceptors (Lipinski definition) is 4. The number of ether oxygens (including phenoxy) is 1. The van der Waals surface area contributed by atoms with Crippen LogP contribution in [0.5, 0.6) is 5.75 Å². The number of methoxy groups -OCH3 is 1. The Morgan fingerprint density at radius 2 is 2.07 bits per heavy atom. The molecule has 5 heteroatoms. The second-order valence-corrected chi connectivity index (χ2v) is 4.80. The van der Waals surface area contributed by atoms with Crippen LogP contribution >= 0.6 is 0 Å². The van der Waals surface area contributed by atoms with Crippen LogP contribution in [0.15, 0.2) is 23.1 Å². The molecule has 0 amide bonds. The first-order chi connectivity index (χ1) is 6.51. The molecule has 0 saturated heterocycles. The summed E-state index contributed by atoms with van der Waals surface area (Å²) < 4.78 is 27.6. The first kappa shape index (κ1) is 11.0. The van der Waals surface area contributed by atoms with Gasteiger partial charge in [0.05, 0.1) is 12.0 Å². The normalized spacial score (nSPS) is 11.4. The van der Waals surface area contributed by atoms with Crippen LogP contribution in [0, 0.1) is 6.92 Å². The van der Waals surface area contributed by atoms with Gasteiger partial charge in [0.15, 0.2) is 0 Å². The summed E-state index contributed by atoms with van der Waals surface area (Å²) in [6, 6.07) is 4.60. The Kier molecular flexibility index (Phi) is 3.13. The fourth-order valence-corrected chi connectivity index (χ4v) is 2.13. The molecule has 1 N–H and O–H groups in total. The molecule has 0 aliphatic heterocycles. The molecule has 0 aliphatic carbocycles. The average Bonchev–Trinajstić information content (AvgIpc) is 2.17. The van der Waals surface area contributed by atoms with Crippen molar-refractivity contribution in [1.29, 1.82) is 0 Å². The summed E-state index contributed by atoms with van der Waals surface area (Å²) in [5, 5.41) is 8.68. The molecule has 0 bridgehead atoms. The fourth-order valence-electron chi connectivity index (χ4n) is 1.17. The molecule has 0 spiro atoms. The highest BCUT2D eigenvalue weighted by molar-refractivity contribution is 7.91. The minimum absolute atomic E-state index is 0.140. The van der Waals surface area contributed by atoms with Crippen LogP contribution in [0.4, 0.5) is 0 Å². The maximum atomic E-state index is 11.3. The van der Waals surface area contributed by atoms with Crippen molar-refractivity contribution >= 4 is 9.84 Å². The Hall–Kier alpha value is -1.07. The van der Waals surface area contributed by atoms with Gasteiger partial charge < -0.3 is 9.84 Å². The van der Waals surface area contributed by atoms with Crippen LogP contribution in [0.2, 0.25) is 0 Å². The van der Waals surface area contributed by atoms with Gasteiger partial charge in [-0.15, -0.1) is 0 Å². The zero-order valence-corrected chi connectivity index (χ0v) is 8.84. The number of hydrogen-bond donors (Lipinski definition) is 1. The zero-order valence-electron chi connectivity index (χ0n) is 8.02. The van der Waals surface area contributed by atoms with Crippen molar-refractivity contribution in [2.75, 3.05) is 13.0 Å². The van der Waals surface area contributed by atoms with E-state index < -0.39 is 15.8 Å². The van der Waals surface area contributed by atoms with Gasteiger partial charge in [-0.3, -0.25) is 0 Å².